The number of methoxy groups -OCH3 is 1. The van der Waals surface area contributed by atoms with E-state index < -0.39 is 0 Å². The highest BCUT2D eigenvalue weighted by Crippen LogP contribution is 2.01. The van der Waals surface area contributed by atoms with Crippen LogP contribution in [0.25, 0.3) is 0 Å². The quantitative estimate of drug-likeness (QED) is 0.318. The summed E-state index contributed by atoms with van der Waals surface area (Å²) < 4.78 is 10.4. The fraction of sp³-hybridized carbons (Fsp3) is 0.941. The second kappa shape index (κ2) is 14.5. The third kappa shape index (κ3) is 10.8. The van der Waals surface area contributed by atoms with Crippen LogP contribution in [0.5, 0.6) is 0 Å². The molecule has 0 saturated carbocycles. The van der Waals surface area contributed by atoms with Crippen molar-refractivity contribution in [1.29, 1.82) is 0 Å². The molecule has 0 atom stereocenters. The molecule has 1 aliphatic rings. The standard InChI is InChI=1S/C17H37N5O2/c1-18-17(20-8-5-14-24-16-15-23-3)19-7-4-10-22-11-6-9-21(2)12-13-22/h4-16H2,1-3H3,(H2,18,19,20). The Labute approximate surface area is 147 Å². The Morgan fingerprint density at radius 1 is 1.00 bits per heavy atom. The number of guanidine groups is 1. The highest BCUT2D eigenvalue weighted by molar-refractivity contribution is 5.79. The van der Waals surface area contributed by atoms with Gasteiger partial charge in [-0.05, 0) is 45.9 Å². The summed E-state index contributed by atoms with van der Waals surface area (Å²) >= 11 is 0. The second-order valence-electron chi connectivity index (χ2n) is 6.24. The first-order valence-electron chi connectivity index (χ1n) is 9.18. The van der Waals surface area contributed by atoms with Crippen molar-refractivity contribution in [2.45, 2.75) is 19.3 Å². The van der Waals surface area contributed by atoms with Gasteiger partial charge in [-0.1, -0.05) is 0 Å². The zero-order valence-corrected chi connectivity index (χ0v) is 15.9. The lowest BCUT2D eigenvalue weighted by Crippen LogP contribution is -2.39. The number of likely N-dealkylation sites (N-methyl/N-ethyl adjacent to an activating group) is 1. The Kier molecular flexibility index (Phi) is 12.7. The normalized spacial score (nSPS) is 17.7. The van der Waals surface area contributed by atoms with E-state index in [9.17, 15) is 0 Å². The molecule has 1 aliphatic heterocycles. The fourth-order valence-corrected chi connectivity index (χ4v) is 2.68. The van der Waals surface area contributed by atoms with Crippen LogP contribution in [0.1, 0.15) is 19.3 Å². The molecule has 0 bridgehead atoms. The number of hydrogen-bond donors (Lipinski definition) is 2. The van der Waals surface area contributed by atoms with Crippen LogP contribution in [-0.2, 0) is 9.47 Å². The summed E-state index contributed by atoms with van der Waals surface area (Å²) in [6.45, 7) is 9.86. The summed E-state index contributed by atoms with van der Waals surface area (Å²) in [4.78, 5) is 9.25. The smallest absolute Gasteiger partial charge is 0.190 e. The van der Waals surface area contributed by atoms with Crippen molar-refractivity contribution >= 4 is 5.96 Å². The average Bonchev–Trinajstić information content (AvgIpc) is 2.80. The maximum absolute atomic E-state index is 5.44. The van der Waals surface area contributed by atoms with Gasteiger partial charge in [0.25, 0.3) is 0 Å². The van der Waals surface area contributed by atoms with Gasteiger partial charge in [-0.2, -0.15) is 0 Å². The van der Waals surface area contributed by atoms with E-state index >= 15 is 0 Å². The van der Waals surface area contributed by atoms with Crippen LogP contribution in [0.15, 0.2) is 4.99 Å². The molecule has 1 saturated heterocycles. The van der Waals surface area contributed by atoms with Gasteiger partial charge in [0, 0.05) is 46.9 Å². The number of aliphatic imine (C=N–C) groups is 1. The number of hydrogen-bond acceptors (Lipinski definition) is 5. The van der Waals surface area contributed by atoms with Gasteiger partial charge in [0.1, 0.15) is 0 Å². The Hall–Kier alpha value is -0.890. The van der Waals surface area contributed by atoms with E-state index in [1.165, 1.54) is 32.6 Å². The molecule has 0 amide bonds. The Morgan fingerprint density at radius 3 is 2.54 bits per heavy atom. The van der Waals surface area contributed by atoms with Gasteiger partial charge in [-0.25, -0.2) is 0 Å². The van der Waals surface area contributed by atoms with Crippen molar-refractivity contribution in [3.63, 3.8) is 0 Å². The molecule has 2 N–H and O–H groups in total. The van der Waals surface area contributed by atoms with Gasteiger partial charge in [-0.15, -0.1) is 0 Å². The van der Waals surface area contributed by atoms with Crippen LogP contribution in [0.3, 0.4) is 0 Å². The first-order valence-corrected chi connectivity index (χ1v) is 9.18. The summed E-state index contributed by atoms with van der Waals surface area (Å²) in [6, 6.07) is 0. The van der Waals surface area contributed by atoms with Gasteiger partial charge in [0.05, 0.1) is 13.2 Å². The summed E-state index contributed by atoms with van der Waals surface area (Å²) in [5.74, 6) is 0.877. The molecule has 7 heteroatoms. The topological polar surface area (TPSA) is 61.4 Å². The van der Waals surface area contributed by atoms with Crippen molar-refractivity contribution in [3.05, 3.63) is 0 Å². The highest BCUT2D eigenvalue weighted by Gasteiger charge is 2.11. The van der Waals surface area contributed by atoms with Gasteiger partial charge in [-0.3, -0.25) is 4.99 Å². The monoisotopic (exact) mass is 343 g/mol. The van der Waals surface area contributed by atoms with E-state index in [1.54, 1.807) is 7.11 Å². The van der Waals surface area contributed by atoms with Crippen LogP contribution >= 0.6 is 0 Å². The number of nitrogens with zero attached hydrogens (tertiary/aromatic N) is 3. The molecule has 0 aromatic heterocycles. The highest BCUT2D eigenvalue weighted by atomic mass is 16.5. The van der Waals surface area contributed by atoms with Crippen molar-refractivity contribution in [2.24, 2.45) is 4.99 Å². The predicted molar refractivity (Wildman–Crippen MR) is 99.8 cm³/mol. The Morgan fingerprint density at radius 2 is 1.79 bits per heavy atom. The van der Waals surface area contributed by atoms with Gasteiger partial charge >= 0.3 is 0 Å². The molecule has 0 aliphatic carbocycles. The maximum atomic E-state index is 5.44. The van der Waals surface area contributed by atoms with Gasteiger partial charge in [0.15, 0.2) is 5.96 Å². The number of ether oxygens (including phenoxy) is 2. The lowest BCUT2D eigenvalue weighted by atomic mass is 10.3. The molecule has 0 radical (unpaired) electrons. The predicted octanol–water partition coefficient (Wildman–Crippen LogP) is 0.232. The molecular formula is C17H37N5O2. The molecule has 0 spiro atoms. The van der Waals surface area contributed by atoms with Crippen LogP contribution in [0.2, 0.25) is 0 Å². The third-order valence-corrected chi connectivity index (χ3v) is 4.17. The summed E-state index contributed by atoms with van der Waals surface area (Å²) in [5, 5.41) is 6.71. The summed E-state index contributed by atoms with van der Waals surface area (Å²) in [7, 11) is 5.71. The van der Waals surface area contributed by atoms with Gasteiger partial charge in [0.2, 0.25) is 0 Å². The molecule has 0 unspecified atom stereocenters. The van der Waals surface area contributed by atoms with E-state index in [1.807, 2.05) is 7.05 Å². The van der Waals surface area contributed by atoms with E-state index in [2.05, 4.69) is 32.5 Å². The molecular weight excluding hydrogens is 306 g/mol. The minimum Gasteiger partial charge on any atom is -0.382 e. The minimum absolute atomic E-state index is 0.657. The summed E-state index contributed by atoms with van der Waals surface area (Å²) in [6.07, 6.45) is 3.38. The molecule has 24 heavy (non-hydrogen) atoms. The average molecular weight is 344 g/mol. The molecule has 0 aromatic rings. The van der Waals surface area contributed by atoms with Crippen LogP contribution in [0, 0.1) is 0 Å². The van der Waals surface area contributed by atoms with Crippen LogP contribution in [0.4, 0.5) is 0 Å². The van der Waals surface area contributed by atoms with Crippen molar-refractivity contribution < 1.29 is 9.47 Å². The molecule has 7 nitrogen and oxygen atoms in total. The Bertz CT molecular complexity index is 328. The van der Waals surface area contributed by atoms with E-state index in [0.717, 1.165) is 45.0 Å². The first-order chi connectivity index (χ1) is 11.8. The number of rotatable bonds is 11. The van der Waals surface area contributed by atoms with Crippen molar-refractivity contribution in [1.82, 2.24) is 20.4 Å². The molecule has 1 heterocycles. The van der Waals surface area contributed by atoms with Crippen LogP contribution < -0.4 is 10.6 Å². The molecule has 1 rings (SSSR count). The first kappa shape index (κ1) is 21.2. The van der Waals surface area contributed by atoms with Crippen molar-refractivity contribution in [2.75, 3.05) is 86.8 Å². The molecule has 0 aromatic carbocycles. The second-order valence-corrected chi connectivity index (χ2v) is 6.24. The third-order valence-electron chi connectivity index (χ3n) is 4.17. The zero-order valence-electron chi connectivity index (χ0n) is 15.9. The van der Waals surface area contributed by atoms with Crippen molar-refractivity contribution in [3.8, 4) is 0 Å². The largest absolute Gasteiger partial charge is 0.382 e. The molecule has 1 fully saturated rings. The van der Waals surface area contributed by atoms with E-state index in [-0.39, 0.29) is 0 Å². The lowest BCUT2D eigenvalue weighted by Gasteiger charge is -2.20. The fourth-order valence-electron chi connectivity index (χ4n) is 2.68. The van der Waals surface area contributed by atoms with E-state index in [4.69, 9.17) is 9.47 Å². The maximum Gasteiger partial charge on any atom is 0.190 e. The van der Waals surface area contributed by atoms with E-state index in [0.29, 0.717) is 13.2 Å². The summed E-state index contributed by atoms with van der Waals surface area (Å²) in [5.41, 5.74) is 0. The SMILES string of the molecule is CN=C(NCCCOCCOC)NCCCN1CCCN(C)CC1. The lowest BCUT2D eigenvalue weighted by molar-refractivity contribution is 0.0698. The number of nitrogens with one attached hydrogen (secondary N) is 2. The van der Waals surface area contributed by atoms with Crippen LogP contribution in [-0.4, -0.2) is 103 Å². The van der Waals surface area contributed by atoms with Gasteiger partial charge < -0.3 is 29.9 Å². The zero-order chi connectivity index (χ0) is 17.5. The Balaban J connectivity index is 1.99. The molecule has 142 valence electrons. The minimum atomic E-state index is 0.657.